The van der Waals surface area contributed by atoms with Crippen LogP contribution in [0.2, 0.25) is 0 Å². The van der Waals surface area contributed by atoms with Crippen LogP contribution in [0.3, 0.4) is 0 Å². The van der Waals surface area contributed by atoms with Crippen molar-refractivity contribution in [1.82, 2.24) is 10.6 Å². The monoisotopic (exact) mass is 646 g/mol. The van der Waals surface area contributed by atoms with Crippen LogP contribution in [0, 0.1) is 0 Å². The third-order valence-electron chi connectivity index (χ3n) is 10.6. The molecule has 0 bridgehead atoms. The molecule has 50 heavy (non-hydrogen) atoms. The molecular formula is C47H38N2O. The van der Waals surface area contributed by atoms with Crippen molar-refractivity contribution in [3.63, 3.8) is 0 Å². The predicted molar refractivity (Wildman–Crippen MR) is 205 cm³/mol. The zero-order valence-corrected chi connectivity index (χ0v) is 27.9. The highest BCUT2D eigenvalue weighted by Gasteiger charge is 2.49. The van der Waals surface area contributed by atoms with Crippen molar-refractivity contribution in [2.24, 2.45) is 0 Å². The summed E-state index contributed by atoms with van der Waals surface area (Å²) in [6.45, 7) is 4.93. The minimum Gasteiger partial charge on any atom is -0.465 e. The third-order valence-corrected chi connectivity index (χ3v) is 10.6. The van der Waals surface area contributed by atoms with E-state index in [-0.39, 0.29) is 12.2 Å². The molecule has 3 atom stereocenters. The Morgan fingerprint density at radius 1 is 0.680 bits per heavy atom. The van der Waals surface area contributed by atoms with Crippen LogP contribution in [0.1, 0.15) is 46.7 Å². The summed E-state index contributed by atoms with van der Waals surface area (Å²) in [7, 11) is 0. The van der Waals surface area contributed by atoms with Crippen LogP contribution in [0.5, 0.6) is 5.75 Å². The van der Waals surface area contributed by atoms with Gasteiger partial charge in [-0.25, -0.2) is 0 Å². The van der Waals surface area contributed by atoms with E-state index in [1.807, 2.05) is 6.26 Å². The van der Waals surface area contributed by atoms with Crippen LogP contribution in [0.25, 0.3) is 22.4 Å². The van der Waals surface area contributed by atoms with Crippen LogP contribution in [0.4, 0.5) is 0 Å². The quantitative estimate of drug-likeness (QED) is 0.204. The minimum atomic E-state index is -0.594. The van der Waals surface area contributed by atoms with Gasteiger partial charge in [0, 0.05) is 16.8 Å². The van der Waals surface area contributed by atoms with Gasteiger partial charge in [-0.15, -0.1) is 0 Å². The maximum atomic E-state index is 6.58. The molecule has 242 valence electrons. The van der Waals surface area contributed by atoms with E-state index in [2.05, 4.69) is 174 Å². The van der Waals surface area contributed by atoms with Gasteiger partial charge < -0.3 is 10.1 Å². The molecule has 0 saturated carbocycles. The van der Waals surface area contributed by atoms with Crippen LogP contribution >= 0.6 is 0 Å². The molecule has 3 nitrogen and oxygen atoms in total. The van der Waals surface area contributed by atoms with E-state index in [0.29, 0.717) is 0 Å². The van der Waals surface area contributed by atoms with Crippen molar-refractivity contribution in [1.29, 1.82) is 0 Å². The number of allylic oxidation sites excluding steroid dienone is 6. The van der Waals surface area contributed by atoms with E-state index in [4.69, 9.17) is 11.3 Å². The first-order valence-corrected chi connectivity index (χ1v) is 17.5. The lowest BCUT2D eigenvalue weighted by Crippen LogP contribution is -2.47. The molecule has 4 aliphatic rings. The van der Waals surface area contributed by atoms with Gasteiger partial charge in [-0.05, 0) is 81.2 Å². The second kappa shape index (κ2) is 12.5. The number of fused-ring (bicyclic) bond motifs is 6. The minimum absolute atomic E-state index is 0.0358. The van der Waals surface area contributed by atoms with E-state index in [0.717, 1.165) is 46.6 Å². The van der Waals surface area contributed by atoms with Gasteiger partial charge in [0.25, 0.3) is 0 Å². The summed E-state index contributed by atoms with van der Waals surface area (Å²) in [5.74, 6) is 0.839. The van der Waals surface area contributed by atoms with E-state index < -0.39 is 5.41 Å². The van der Waals surface area contributed by atoms with Crippen molar-refractivity contribution in [2.75, 3.05) is 0 Å². The van der Waals surface area contributed by atoms with Crippen molar-refractivity contribution in [3.8, 4) is 16.9 Å². The first-order chi connectivity index (χ1) is 24.7. The lowest BCUT2D eigenvalue weighted by molar-refractivity contribution is 0.462. The molecule has 5 aromatic rings. The highest BCUT2D eigenvalue weighted by atomic mass is 16.5. The Hall–Kier alpha value is -5.90. The molecule has 0 amide bonds. The highest BCUT2D eigenvalue weighted by Crippen LogP contribution is 2.59. The summed E-state index contributed by atoms with van der Waals surface area (Å²) in [6.07, 6.45) is 15.0. The number of hydrogen-bond acceptors (Lipinski definition) is 3. The number of benzene rings is 5. The number of ether oxygens (including phenoxy) is 1. The number of rotatable bonds is 4. The maximum Gasteiger partial charge on any atom is 0.131 e. The van der Waals surface area contributed by atoms with Crippen LogP contribution in [0.15, 0.2) is 193 Å². The van der Waals surface area contributed by atoms with Crippen molar-refractivity contribution in [2.45, 2.75) is 30.5 Å². The summed E-state index contributed by atoms with van der Waals surface area (Å²) in [5, 5.41) is 7.86. The molecule has 1 spiro atoms. The molecule has 0 radical (unpaired) electrons. The third kappa shape index (κ3) is 4.93. The molecule has 2 heterocycles. The van der Waals surface area contributed by atoms with Gasteiger partial charge in [-0.2, -0.15) is 0 Å². The second-order valence-corrected chi connectivity index (χ2v) is 13.3. The zero-order chi connectivity index (χ0) is 33.5. The second-order valence-electron chi connectivity index (χ2n) is 13.3. The number of hydrogen-bond donors (Lipinski definition) is 2. The molecule has 5 aromatic carbocycles. The van der Waals surface area contributed by atoms with Crippen molar-refractivity contribution < 1.29 is 4.74 Å². The molecule has 0 saturated heterocycles. The van der Waals surface area contributed by atoms with Gasteiger partial charge >= 0.3 is 0 Å². The first kappa shape index (κ1) is 30.2. The summed E-state index contributed by atoms with van der Waals surface area (Å²) in [4.78, 5) is 0. The summed E-state index contributed by atoms with van der Waals surface area (Å²) >= 11 is 0. The fourth-order valence-electron chi connectivity index (χ4n) is 8.35. The normalized spacial score (nSPS) is 23.9. The van der Waals surface area contributed by atoms with Crippen LogP contribution in [-0.4, -0.2) is 6.17 Å². The Kier molecular flexibility index (Phi) is 7.56. The van der Waals surface area contributed by atoms with Gasteiger partial charge in [0.1, 0.15) is 11.9 Å². The fraction of sp³-hybridized carbons (Fsp3) is 0.106. The van der Waals surface area contributed by atoms with Gasteiger partial charge in [-0.1, -0.05) is 152 Å². The Balaban J connectivity index is 1.21. The lowest BCUT2D eigenvalue weighted by atomic mass is 9.65. The van der Waals surface area contributed by atoms with Crippen molar-refractivity contribution >= 4 is 11.3 Å². The Morgan fingerprint density at radius 2 is 1.36 bits per heavy atom. The van der Waals surface area contributed by atoms with E-state index >= 15 is 0 Å². The maximum absolute atomic E-state index is 6.58. The molecule has 3 unspecified atom stereocenters. The Labute approximate surface area is 294 Å². The fourth-order valence-corrected chi connectivity index (χ4v) is 8.35. The lowest BCUT2D eigenvalue weighted by Gasteiger charge is -2.37. The first-order valence-electron chi connectivity index (χ1n) is 17.5. The highest BCUT2D eigenvalue weighted by molar-refractivity contribution is 5.89. The number of nitrogens with one attached hydrogen (secondary N) is 2. The Morgan fingerprint density at radius 3 is 2.18 bits per heavy atom. The zero-order valence-electron chi connectivity index (χ0n) is 27.9. The van der Waals surface area contributed by atoms with Crippen molar-refractivity contribution in [3.05, 3.63) is 221 Å². The largest absolute Gasteiger partial charge is 0.465 e. The summed E-state index contributed by atoms with van der Waals surface area (Å²) in [6, 6.07) is 47.3. The molecule has 2 N–H and O–H groups in total. The predicted octanol–water partition coefficient (Wildman–Crippen LogP) is 10.4. The average molecular weight is 647 g/mol. The number of para-hydroxylation sites is 1. The average Bonchev–Trinajstić information content (AvgIpc) is 3.51. The van der Waals surface area contributed by atoms with E-state index in [9.17, 15) is 0 Å². The topological polar surface area (TPSA) is 33.3 Å². The molecule has 2 aliphatic carbocycles. The van der Waals surface area contributed by atoms with Gasteiger partial charge in [-0.3, -0.25) is 5.32 Å². The summed E-state index contributed by atoms with van der Waals surface area (Å²) in [5.41, 5.74) is 13.7. The van der Waals surface area contributed by atoms with E-state index in [1.54, 1.807) is 0 Å². The standard InChI is InChI=1S/C47H38N2O/c1-32-30-35(28-29-50-45-27-15-14-26-42(45)47(32)40-24-12-10-21-37(40)38-22-11-13-25-41(38)47)46-48-43(34-18-6-3-7-19-34)31-44(49-46)39-23-9-8-20-36(39)33-16-4-2-5-17-33/h2-10,12-21,23-31,43,46,48-49H,1,11,22H2/b29-28-,35-30+. The molecule has 0 fully saturated rings. The van der Waals surface area contributed by atoms with Crippen LogP contribution < -0.4 is 15.4 Å². The van der Waals surface area contributed by atoms with Gasteiger partial charge in [0.2, 0.25) is 0 Å². The molecule has 9 rings (SSSR count). The summed E-state index contributed by atoms with van der Waals surface area (Å²) < 4.78 is 6.58. The molecule has 3 heteroatoms. The SMILES string of the molecule is C=C1/C=C(C2NC(c3ccccc3-c3ccccc3)=CC(c3ccccc3)N2)\C=C/Oc2ccccc2C12C1=C(CCC=C1)c1ccccc12. The van der Waals surface area contributed by atoms with Gasteiger partial charge in [0.15, 0.2) is 0 Å². The van der Waals surface area contributed by atoms with Gasteiger partial charge in [0.05, 0.1) is 17.7 Å². The molecule has 2 aliphatic heterocycles. The van der Waals surface area contributed by atoms with E-state index in [1.165, 1.54) is 39.0 Å². The smallest absolute Gasteiger partial charge is 0.131 e. The van der Waals surface area contributed by atoms with Crippen LogP contribution in [-0.2, 0) is 5.41 Å². The molecule has 0 aromatic heterocycles. The molecular weight excluding hydrogens is 609 g/mol. The Bertz CT molecular complexity index is 2270.